The van der Waals surface area contributed by atoms with Gasteiger partial charge in [0, 0.05) is 17.8 Å². The number of carbonyl (C=O) groups excluding carboxylic acids is 1. The Labute approximate surface area is 109 Å². The fourth-order valence-electron chi connectivity index (χ4n) is 2.01. The largest absolute Gasteiger partial charge is 0.463 e. The van der Waals surface area contributed by atoms with E-state index in [0.717, 1.165) is 40.9 Å². The number of halogens is 1. The fraction of sp³-hybridized carbons (Fsp3) is 0.308. The van der Waals surface area contributed by atoms with Gasteiger partial charge in [0.25, 0.3) is 0 Å². The smallest absolute Gasteiger partial charge is 0.153 e. The zero-order valence-corrected chi connectivity index (χ0v) is 11.5. The van der Waals surface area contributed by atoms with Crippen molar-refractivity contribution >= 4 is 22.2 Å². The number of hydrogen-bond acceptors (Lipinski definition) is 2. The van der Waals surface area contributed by atoms with Gasteiger partial charge in [-0.15, -0.1) is 0 Å². The number of hydrogen-bond donors (Lipinski definition) is 0. The lowest BCUT2D eigenvalue weighted by atomic mass is 10.2. The number of rotatable bonds is 4. The summed E-state index contributed by atoms with van der Waals surface area (Å²) in [6.07, 6.45) is 3.53. The molecule has 90 valence electrons. The van der Waals surface area contributed by atoms with Crippen LogP contribution < -0.4 is 0 Å². The minimum absolute atomic E-state index is 0.699. The molecule has 2 heterocycles. The highest BCUT2D eigenvalue weighted by Gasteiger charge is 2.20. The van der Waals surface area contributed by atoms with E-state index >= 15 is 0 Å². The summed E-state index contributed by atoms with van der Waals surface area (Å²) in [6.45, 7) is 4.94. The first kappa shape index (κ1) is 12.2. The van der Waals surface area contributed by atoms with Crippen LogP contribution in [0.25, 0.3) is 11.5 Å². The average molecular weight is 296 g/mol. The lowest BCUT2D eigenvalue weighted by Crippen LogP contribution is -2.01. The van der Waals surface area contributed by atoms with E-state index in [2.05, 4.69) is 27.4 Å². The second-order valence-corrected chi connectivity index (χ2v) is 4.70. The lowest BCUT2D eigenvalue weighted by molar-refractivity contribution is 0.112. The molecule has 0 amide bonds. The number of aldehydes is 1. The fourth-order valence-corrected chi connectivity index (χ4v) is 2.80. The molecule has 0 unspecified atom stereocenters. The minimum atomic E-state index is 0.699. The molecule has 0 aromatic carbocycles. The van der Waals surface area contributed by atoms with E-state index in [9.17, 15) is 4.79 Å². The Morgan fingerprint density at radius 2 is 2.29 bits per heavy atom. The topological polar surface area (TPSA) is 35.1 Å². The Kier molecular flexibility index (Phi) is 3.52. The van der Waals surface area contributed by atoms with Crippen LogP contribution in [0.3, 0.4) is 0 Å². The van der Waals surface area contributed by atoms with Crippen LogP contribution in [0.2, 0.25) is 0 Å². The van der Waals surface area contributed by atoms with Gasteiger partial charge < -0.3 is 8.98 Å². The van der Waals surface area contributed by atoms with Crippen LogP contribution >= 0.6 is 15.9 Å². The molecule has 0 bridgehead atoms. The van der Waals surface area contributed by atoms with E-state index in [4.69, 9.17) is 4.42 Å². The van der Waals surface area contributed by atoms with E-state index < -0.39 is 0 Å². The normalized spacial score (nSPS) is 10.8. The molecule has 3 nitrogen and oxygen atoms in total. The highest BCUT2D eigenvalue weighted by atomic mass is 79.9. The highest BCUT2D eigenvalue weighted by molar-refractivity contribution is 9.10. The Morgan fingerprint density at radius 1 is 1.53 bits per heavy atom. The zero-order valence-electron chi connectivity index (χ0n) is 9.87. The van der Waals surface area contributed by atoms with Crippen LogP contribution in [-0.2, 0) is 6.54 Å². The van der Waals surface area contributed by atoms with Crippen LogP contribution in [0.1, 0.15) is 29.4 Å². The first-order valence-corrected chi connectivity index (χ1v) is 6.37. The molecule has 0 aliphatic rings. The van der Waals surface area contributed by atoms with E-state index in [-0.39, 0.29) is 0 Å². The monoisotopic (exact) mass is 295 g/mol. The third-order valence-corrected chi connectivity index (χ3v) is 3.63. The summed E-state index contributed by atoms with van der Waals surface area (Å²) < 4.78 is 8.36. The van der Waals surface area contributed by atoms with Gasteiger partial charge in [0.2, 0.25) is 0 Å². The van der Waals surface area contributed by atoms with Gasteiger partial charge >= 0.3 is 0 Å². The molecule has 0 fully saturated rings. The van der Waals surface area contributed by atoms with Gasteiger partial charge in [0.1, 0.15) is 0 Å². The molecular weight excluding hydrogens is 282 g/mol. The standard InChI is InChI=1S/C13H14BrNO2/c1-3-6-15-9(2)10(8-16)12(14)13(15)11-5-4-7-17-11/h4-5,7-8H,3,6H2,1-2H3. The Hall–Kier alpha value is -1.29. The number of carbonyl (C=O) groups is 1. The van der Waals surface area contributed by atoms with Crippen molar-refractivity contribution in [3.8, 4) is 11.5 Å². The molecule has 17 heavy (non-hydrogen) atoms. The maximum absolute atomic E-state index is 11.1. The van der Waals surface area contributed by atoms with Crippen LogP contribution in [0, 0.1) is 6.92 Å². The van der Waals surface area contributed by atoms with Crippen molar-refractivity contribution in [3.63, 3.8) is 0 Å². The van der Waals surface area contributed by atoms with Crippen LogP contribution in [-0.4, -0.2) is 10.9 Å². The summed E-state index contributed by atoms with van der Waals surface area (Å²) in [5, 5.41) is 0. The van der Waals surface area contributed by atoms with Crippen molar-refractivity contribution in [1.29, 1.82) is 0 Å². The second-order valence-electron chi connectivity index (χ2n) is 3.91. The molecule has 0 atom stereocenters. The van der Waals surface area contributed by atoms with Gasteiger partial charge in [-0.05, 0) is 41.4 Å². The Bertz CT molecular complexity index is 526. The Morgan fingerprint density at radius 3 is 2.82 bits per heavy atom. The molecule has 2 aromatic rings. The summed E-state index contributed by atoms with van der Waals surface area (Å²) in [5.74, 6) is 0.779. The van der Waals surface area contributed by atoms with Crippen LogP contribution in [0.15, 0.2) is 27.3 Å². The molecule has 0 saturated heterocycles. The summed E-state index contributed by atoms with van der Waals surface area (Å²) >= 11 is 3.49. The second kappa shape index (κ2) is 4.92. The van der Waals surface area contributed by atoms with Crippen molar-refractivity contribution in [1.82, 2.24) is 4.57 Å². The van der Waals surface area contributed by atoms with Crippen molar-refractivity contribution in [2.45, 2.75) is 26.8 Å². The van der Waals surface area contributed by atoms with Gasteiger partial charge in [-0.25, -0.2) is 0 Å². The maximum Gasteiger partial charge on any atom is 0.153 e. The predicted molar refractivity (Wildman–Crippen MR) is 70.2 cm³/mol. The molecule has 2 rings (SSSR count). The predicted octanol–water partition coefficient (Wildman–Crippen LogP) is 4.04. The van der Waals surface area contributed by atoms with E-state index in [1.165, 1.54) is 0 Å². The summed E-state index contributed by atoms with van der Waals surface area (Å²) in [5.41, 5.74) is 2.61. The van der Waals surface area contributed by atoms with Crippen molar-refractivity contribution in [3.05, 3.63) is 34.1 Å². The van der Waals surface area contributed by atoms with Gasteiger partial charge in [-0.3, -0.25) is 4.79 Å². The van der Waals surface area contributed by atoms with Gasteiger partial charge in [0.05, 0.1) is 16.4 Å². The van der Waals surface area contributed by atoms with E-state index in [0.29, 0.717) is 5.56 Å². The first-order chi connectivity index (χ1) is 8.20. The quantitative estimate of drug-likeness (QED) is 0.798. The van der Waals surface area contributed by atoms with Crippen LogP contribution in [0.5, 0.6) is 0 Å². The summed E-state index contributed by atoms with van der Waals surface area (Å²) in [6, 6.07) is 3.75. The number of furan rings is 1. The molecule has 0 aliphatic carbocycles. The molecular formula is C13H14BrNO2. The molecule has 0 spiro atoms. The number of aromatic nitrogens is 1. The first-order valence-electron chi connectivity index (χ1n) is 5.58. The third kappa shape index (κ3) is 1.97. The summed E-state index contributed by atoms with van der Waals surface area (Å²) in [4.78, 5) is 11.1. The molecule has 0 radical (unpaired) electrons. The van der Waals surface area contributed by atoms with Crippen LogP contribution in [0.4, 0.5) is 0 Å². The van der Waals surface area contributed by atoms with Crippen molar-refractivity contribution < 1.29 is 9.21 Å². The maximum atomic E-state index is 11.1. The van der Waals surface area contributed by atoms with Gasteiger partial charge in [-0.2, -0.15) is 0 Å². The van der Waals surface area contributed by atoms with Gasteiger partial charge in [0.15, 0.2) is 12.0 Å². The highest BCUT2D eigenvalue weighted by Crippen LogP contribution is 2.35. The molecule has 0 aliphatic heterocycles. The van der Waals surface area contributed by atoms with E-state index in [1.807, 2.05) is 19.1 Å². The zero-order chi connectivity index (χ0) is 12.4. The average Bonchev–Trinajstić information content (AvgIpc) is 2.88. The SMILES string of the molecule is CCCn1c(C)c(C=O)c(Br)c1-c1ccco1. The Balaban J connectivity index is 2.67. The molecule has 2 aromatic heterocycles. The van der Waals surface area contributed by atoms with Crippen molar-refractivity contribution in [2.24, 2.45) is 0 Å². The molecule has 0 N–H and O–H groups in total. The number of nitrogens with zero attached hydrogens (tertiary/aromatic N) is 1. The van der Waals surface area contributed by atoms with Crippen molar-refractivity contribution in [2.75, 3.05) is 0 Å². The summed E-state index contributed by atoms with van der Waals surface area (Å²) in [7, 11) is 0. The van der Waals surface area contributed by atoms with E-state index in [1.54, 1.807) is 6.26 Å². The molecule has 0 saturated carbocycles. The lowest BCUT2D eigenvalue weighted by Gasteiger charge is -2.08. The van der Waals surface area contributed by atoms with Gasteiger partial charge in [-0.1, -0.05) is 6.92 Å². The third-order valence-electron chi connectivity index (χ3n) is 2.83. The minimum Gasteiger partial charge on any atom is -0.463 e. The molecule has 4 heteroatoms.